The van der Waals surface area contributed by atoms with Crippen molar-refractivity contribution in [1.82, 2.24) is 4.90 Å². The van der Waals surface area contributed by atoms with Crippen molar-refractivity contribution in [3.63, 3.8) is 0 Å². The molecular formula is C31H39NO3. The summed E-state index contributed by atoms with van der Waals surface area (Å²) in [5.74, 6) is 0.623. The Labute approximate surface area is 210 Å². The van der Waals surface area contributed by atoms with Crippen LogP contribution in [0.25, 0.3) is 11.1 Å². The molecule has 2 unspecified atom stereocenters. The quantitative estimate of drug-likeness (QED) is 0.354. The zero-order valence-electron chi connectivity index (χ0n) is 21.1. The lowest BCUT2D eigenvalue weighted by Gasteiger charge is -2.47. The van der Waals surface area contributed by atoms with Crippen LogP contribution in [0.5, 0.6) is 0 Å². The molecule has 1 aliphatic carbocycles. The summed E-state index contributed by atoms with van der Waals surface area (Å²) < 4.78 is 6.02. The maximum Gasteiger partial charge on any atom is 0.410 e. The molecule has 4 heteroatoms. The van der Waals surface area contributed by atoms with Gasteiger partial charge >= 0.3 is 6.09 Å². The van der Waals surface area contributed by atoms with Crippen LogP contribution in [-0.2, 0) is 9.53 Å². The Hall–Kier alpha value is -2.62. The van der Waals surface area contributed by atoms with Crippen LogP contribution in [0.1, 0.15) is 94.6 Å². The number of piperidine rings is 2. The summed E-state index contributed by atoms with van der Waals surface area (Å²) in [4.78, 5) is 28.3. The average Bonchev–Trinajstić information content (AvgIpc) is 3.20. The fourth-order valence-corrected chi connectivity index (χ4v) is 6.72. The van der Waals surface area contributed by atoms with Crippen LogP contribution < -0.4 is 0 Å². The molecule has 0 saturated carbocycles. The Morgan fingerprint density at radius 2 is 1.46 bits per heavy atom. The lowest BCUT2D eigenvalue weighted by atomic mass is 9.76. The van der Waals surface area contributed by atoms with Crippen LogP contribution in [0, 0.1) is 5.92 Å². The number of carbonyl (C=O) groups is 2. The number of Topliss-reactive ketones (excluding diaryl/α,β-unsaturated/α-hetero) is 1. The van der Waals surface area contributed by atoms with Gasteiger partial charge in [-0.2, -0.15) is 0 Å². The van der Waals surface area contributed by atoms with Gasteiger partial charge in [-0.05, 0) is 60.8 Å². The van der Waals surface area contributed by atoms with E-state index >= 15 is 0 Å². The highest BCUT2D eigenvalue weighted by atomic mass is 16.6. The summed E-state index contributed by atoms with van der Waals surface area (Å²) in [5, 5.41) is 0. The number of fused-ring (bicyclic) bond motifs is 5. The Kier molecular flexibility index (Phi) is 7.55. The van der Waals surface area contributed by atoms with Gasteiger partial charge in [0.2, 0.25) is 0 Å². The van der Waals surface area contributed by atoms with Gasteiger partial charge in [0.05, 0.1) is 0 Å². The van der Waals surface area contributed by atoms with Crippen LogP contribution in [-0.4, -0.2) is 35.5 Å². The first-order valence-corrected chi connectivity index (χ1v) is 13.8. The number of unbranched alkanes of at least 4 members (excludes halogenated alkanes) is 4. The molecule has 3 aliphatic rings. The summed E-state index contributed by atoms with van der Waals surface area (Å²) >= 11 is 0. The first-order valence-electron chi connectivity index (χ1n) is 13.8. The zero-order chi connectivity index (χ0) is 24.2. The second-order valence-electron chi connectivity index (χ2n) is 10.7. The second-order valence-corrected chi connectivity index (χ2v) is 10.7. The molecule has 4 nitrogen and oxygen atoms in total. The number of hydrogen-bond donors (Lipinski definition) is 0. The molecule has 35 heavy (non-hydrogen) atoms. The third-order valence-corrected chi connectivity index (χ3v) is 8.50. The first kappa shape index (κ1) is 24.1. The number of ketones is 1. The molecule has 1 amide bonds. The van der Waals surface area contributed by atoms with E-state index in [2.05, 4.69) is 55.5 Å². The molecular weight excluding hydrogens is 434 g/mol. The minimum atomic E-state index is -0.188. The first-order chi connectivity index (χ1) is 17.2. The minimum absolute atomic E-state index is 0.0815. The highest BCUT2D eigenvalue weighted by Crippen LogP contribution is 2.45. The maximum atomic E-state index is 13.4. The Morgan fingerprint density at radius 1 is 0.857 bits per heavy atom. The van der Waals surface area contributed by atoms with E-state index in [0.717, 1.165) is 44.9 Å². The second kappa shape index (κ2) is 11.0. The zero-order valence-corrected chi connectivity index (χ0v) is 21.1. The van der Waals surface area contributed by atoms with Crippen molar-refractivity contribution in [2.45, 2.75) is 95.6 Å². The molecule has 0 N–H and O–H groups in total. The number of carbonyl (C=O) groups excluding carboxylic acids is 2. The van der Waals surface area contributed by atoms with E-state index in [1.807, 2.05) is 4.90 Å². The highest BCUT2D eigenvalue weighted by molar-refractivity contribution is 5.82. The van der Waals surface area contributed by atoms with Crippen molar-refractivity contribution < 1.29 is 14.3 Å². The van der Waals surface area contributed by atoms with Crippen LogP contribution >= 0.6 is 0 Å². The molecule has 2 fully saturated rings. The molecule has 2 atom stereocenters. The standard InChI is InChI=1S/C31H39NO3/c1-2-3-4-5-6-18-30(33)22-19-23-12-11-13-24(20-22)32(23)31(34)35-21-29-27-16-9-7-14-25(27)26-15-8-10-17-28(26)29/h7-10,14-17,22-24,29H,2-6,11-13,18-21H2,1H3. The average molecular weight is 474 g/mol. The van der Waals surface area contributed by atoms with Gasteiger partial charge in [-0.25, -0.2) is 4.79 Å². The van der Waals surface area contributed by atoms with Gasteiger partial charge in [-0.1, -0.05) is 81.1 Å². The largest absolute Gasteiger partial charge is 0.448 e. The molecule has 2 aromatic rings. The van der Waals surface area contributed by atoms with Crippen molar-refractivity contribution >= 4 is 11.9 Å². The summed E-state index contributed by atoms with van der Waals surface area (Å²) in [6, 6.07) is 17.2. The molecule has 2 heterocycles. The Bertz CT molecular complexity index is 988. The Morgan fingerprint density at radius 3 is 2.09 bits per heavy atom. The van der Waals surface area contributed by atoms with E-state index in [1.54, 1.807) is 0 Å². The summed E-state index contributed by atoms with van der Waals surface area (Å²) in [7, 11) is 0. The number of hydrogen-bond acceptors (Lipinski definition) is 3. The molecule has 2 aromatic carbocycles. The van der Waals surface area contributed by atoms with Gasteiger partial charge in [-0.15, -0.1) is 0 Å². The number of benzene rings is 2. The van der Waals surface area contributed by atoms with Crippen molar-refractivity contribution in [2.75, 3.05) is 6.61 Å². The van der Waals surface area contributed by atoms with Crippen LogP contribution in [0.4, 0.5) is 4.79 Å². The van der Waals surface area contributed by atoms with E-state index in [4.69, 9.17) is 4.74 Å². The predicted octanol–water partition coefficient (Wildman–Crippen LogP) is 7.50. The van der Waals surface area contributed by atoms with Gasteiger partial charge in [0, 0.05) is 30.3 Å². The molecule has 2 aliphatic heterocycles. The maximum absolute atomic E-state index is 13.4. The number of ether oxygens (including phenoxy) is 1. The van der Waals surface area contributed by atoms with Crippen molar-refractivity contribution in [1.29, 1.82) is 0 Å². The van der Waals surface area contributed by atoms with Gasteiger partial charge in [0.25, 0.3) is 0 Å². The third kappa shape index (κ3) is 5.03. The molecule has 186 valence electrons. The number of amides is 1. The van der Waals surface area contributed by atoms with Crippen LogP contribution in [0.2, 0.25) is 0 Å². The molecule has 2 bridgehead atoms. The molecule has 0 aromatic heterocycles. The predicted molar refractivity (Wildman–Crippen MR) is 139 cm³/mol. The summed E-state index contributed by atoms with van der Waals surface area (Å²) in [5.41, 5.74) is 4.97. The highest BCUT2D eigenvalue weighted by Gasteiger charge is 2.43. The fraction of sp³-hybridized carbons (Fsp3) is 0.548. The minimum Gasteiger partial charge on any atom is -0.448 e. The summed E-state index contributed by atoms with van der Waals surface area (Å²) in [6.45, 7) is 2.58. The van der Waals surface area contributed by atoms with E-state index in [0.29, 0.717) is 18.8 Å². The molecule has 5 rings (SSSR count). The molecule has 0 spiro atoms. The SMILES string of the molecule is CCCCCCCC(=O)C1CC2CCCC(C1)N2C(=O)OCC1c2ccccc2-c2ccccc21. The normalized spacial score (nSPS) is 23.0. The van der Waals surface area contributed by atoms with Gasteiger partial charge in [0.1, 0.15) is 12.4 Å². The fourth-order valence-electron chi connectivity index (χ4n) is 6.72. The Balaban J connectivity index is 1.20. The number of rotatable bonds is 9. The molecule has 2 saturated heterocycles. The van der Waals surface area contributed by atoms with Gasteiger partial charge in [0.15, 0.2) is 0 Å². The van der Waals surface area contributed by atoms with Crippen molar-refractivity contribution in [2.24, 2.45) is 5.92 Å². The van der Waals surface area contributed by atoms with E-state index in [-0.39, 0.29) is 30.0 Å². The smallest absolute Gasteiger partial charge is 0.410 e. The third-order valence-electron chi connectivity index (χ3n) is 8.50. The van der Waals surface area contributed by atoms with Crippen LogP contribution in [0.15, 0.2) is 48.5 Å². The van der Waals surface area contributed by atoms with E-state index in [1.165, 1.54) is 41.5 Å². The summed E-state index contributed by atoms with van der Waals surface area (Å²) in [6.07, 6.45) is 11.2. The van der Waals surface area contributed by atoms with Gasteiger partial charge < -0.3 is 9.64 Å². The van der Waals surface area contributed by atoms with Crippen LogP contribution in [0.3, 0.4) is 0 Å². The van der Waals surface area contributed by atoms with E-state index < -0.39 is 0 Å². The topological polar surface area (TPSA) is 46.6 Å². The lowest BCUT2D eigenvalue weighted by Crippen LogP contribution is -2.55. The monoisotopic (exact) mass is 473 g/mol. The molecule has 0 radical (unpaired) electrons. The van der Waals surface area contributed by atoms with Crippen molar-refractivity contribution in [3.8, 4) is 11.1 Å². The lowest BCUT2D eigenvalue weighted by molar-refractivity contribution is -0.126. The van der Waals surface area contributed by atoms with Gasteiger partial charge in [-0.3, -0.25) is 4.79 Å². The number of nitrogens with zero attached hydrogens (tertiary/aromatic N) is 1. The van der Waals surface area contributed by atoms with Crippen molar-refractivity contribution in [3.05, 3.63) is 59.7 Å². The van der Waals surface area contributed by atoms with E-state index in [9.17, 15) is 9.59 Å².